The number of fused-ring (bicyclic) bond motifs is 1. The molecule has 0 bridgehead atoms. The molecule has 0 aromatic carbocycles. The Labute approximate surface area is 95.4 Å². The van der Waals surface area contributed by atoms with Gasteiger partial charge in [-0.15, -0.1) is 0 Å². The molecule has 12 heavy (non-hydrogen) atoms. The van der Waals surface area contributed by atoms with Gasteiger partial charge in [-0.1, -0.05) is 11.6 Å². The van der Waals surface area contributed by atoms with Crippen molar-refractivity contribution in [1.82, 2.24) is 14.4 Å². The third-order valence-electron chi connectivity index (χ3n) is 1.42. The highest BCUT2D eigenvalue weighted by atomic mass is 127. The molecule has 3 nitrogen and oxygen atoms in total. The van der Waals surface area contributed by atoms with Crippen LogP contribution in [0.3, 0.4) is 0 Å². The van der Waals surface area contributed by atoms with Crippen molar-refractivity contribution in [3.05, 3.63) is 26.0 Å². The van der Waals surface area contributed by atoms with Crippen molar-refractivity contribution >= 4 is 55.6 Å². The summed E-state index contributed by atoms with van der Waals surface area (Å²) in [5.41, 5.74) is 0.809. The van der Waals surface area contributed by atoms with Crippen LogP contribution in [-0.2, 0) is 0 Å². The molecule has 0 unspecified atom stereocenters. The van der Waals surface area contributed by atoms with Gasteiger partial charge in [0.25, 0.3) is 0 Å². The largest absolute Gasteiger partial charge is 0.290 e. The molecular weight excluding hydrogens is 356 g/mol. The van der Waals surface area contributed by atoms with Gasteiger partial charge in [0.05, 0.1) is 0 Å². The molecule has 0 saturated carbocycles. The Kier molecular flexibility index (Phi) is 2.26. The van der Waals surface area contributed by atoms with Gasteiger partial charge < -0.3 is 0 Å². The van der Waals surface area contributed by atoms with Crippen LogP contribution in [0.1, 0.15) is 0 Å². The molecule has 0 spiro atoms. The number of imidazole rings is 1. The minimum atomic E-state index is 0.458. The lowest BCUT2D eigenvalue weighted by atomic mass is 10.6. The average molecular weight is 358 g/mol. The van der Waals surface area contributed by atoms with E-state index in [0.29, 0.717) is 5.15 Å². The molecular formula is C6H2BrClIN3. The quantitative estimate of drug-likeness (QED) is 0.678. The monoisotopic (exact) mass is 357 g/mol. The number of halogens is 3. The van der Waals surface area contributed by atoms with E-state index in [2.05, 4.69) is 48.5 Å². The fraction of sp³-hybridized carbons (Fsp3) is 0. The molecule has 0 fully saturated rings. The zero-order valence-corrected chi connectivity index (χ0v) is 10.1. The highest BCUT2D eigenvalue weighted by Gasteiger charge is 2.09. The van der Waals surface area contributed by atoms with Gasteiger partial charge in [0.15, 0.2) is 8.98 Å². The summed E-state index contributed by atoms with van der Waals surface area (Å²) in [7, 11) is 0. The lowest BCUT2D eigenvalue weighted by Crippen LogP contribution is -1.88. The molecule has 2 heterocycles. The first-order valence-corrected chi connectivity index (χ1v) is 5.28. The average Bonchev–Trinajstić information content (AvgIpc) is 2.29. The lowest BCUT2D eigenvalue weighted by Gasteiger charge is -1.94. The molecule has 0 aliphatic carbocycles. The van der Waals surface area contributed by atoms with E-state index < -0.39 is 0 Å². The first-order chi connectivity index (χ1) is 5.70. The number of hydrogen-bond acceptors (Lipinski definition) is 2. The van der Waals surface area contributed by atoms with Crippen LogP contribution in [0, 0.1) is 3.83 Å². The van der Waals surface area contributed by atoms with Gasteiger partial charge in [-0.2, -0.15) is 0 Å². The predicted octanol–water partition coefficient (Wildman–Crippen LogP) is 2.75. The van der Waals surface area contributed by atoms with Crippen LogP contribution in [0.15, 0.2) is 17.0 Å². The fourth-order valence-electron chi connectivity index (χ4n) is 0.927. The Morgan fingerprint density at radius 1 is 1.58 bits per heavy atom. The van der Waals surface area contributed by atoms with Crippen molar-refractivity contribution in [3.8, 4) is 0 Å². The van der Waals surface area contributed by atoms with Crippen LogP contribution in [0.2, 0.25) is 5.15 Å². The maximum atomic E-state index is 5.87. The molecule has 62 valence electrons. The number of aromatic nitrogens is 3. The van der Waals surface area contributed by atoms with Gasteiger partial charge in [0.1, 0.15) is 10.1 Å². The smallest absolute Gasteiger partial charge is 0.177 e. The molecule has 2 rings (SSSR count). The summed E-state index contributed by atoms with van der Waals surface area (Å²) >= 11 is 11.3. The molecule has 2 aromatic heterocycles. The Bertz CT molecular complexity index is 442. The zero-order chi connectivity index (χ0) is 8.72. The third kappa shape index (κ3) is 1.23. The van der Waals surface area contributed by atoms with Crippen molar-refractivity contribution < 1.29 is 0 Å². The van der Waals surface area contributed by atoms with E-state index in [-0.39, 0.29) is 0 Å². The van der Waals surface area contributed by atoms with Crippen LogP contribution < -0.4 is 0 Å². The summed E-state index contributed by atoms with van der Waals surface area (Å²) in [6.07, 6.45) is 3.46. The summed E-state index contributed by atoms with van der Waals surface area (Å²) < 4.78 is 3.46. The van der Waals surface area contributed by atoms with Gasteiger partial charge in [-0.3, -0.25) is 4.40 Å². The molecule has 0 saturated heterocycles. The van der Waals surface area contributed by atoms with Crippen molar-refractivity contribution in [2.45, 2.75) is 0 Å². The highest BCUT2D eigenvalue weighted by Crippen LogP contribution is 2.24. The molecule has 0 atom stereocenters. The van der Waals surface area contributed by atoms with Crippen LogP contribution >= 0.6 is 50.1 Å². The van der Waals surface area contributed by atoms with Gasteiger partial charge in [-0.25, -0.2) is 9.97 Å². The van der Waals surface area contributed by atoms with E-state index in [4.69, 9.17) is 11.6 Å². The molecule has 0 aliphatic rings. The van der Waals surface area contributed by atoms with E-state index in [0.717, 1.165) is 14.0 Å². The normalized spacial score (nSPS) is 10.9. The second-order valence-electron chi connectivity index (χ2n) is 2.11. The summed E-state index contributed by atoms with van der Waals surface area (Å²) in [4.78, 5) is 8.15. The van der Waals surface area contributed by atoms with Crippen LogP contribution in [0.5, 0.6) is 0 Å². The summed E-state index contributed by atoms with van der Waals surface area (Å²) in [6, 6.07) is 0. The standard InChI is InChI=1S/C6H2BrClIN3/c7-4-3-5(8)10-1-2-12(3)6(9)11-4/h1-2H. The molecule has 6 heteroatoms. The second kappa shape index (κ2) is 3.12. The van der Waals surface area contributed by atoms with Crippen molar-refractivity contribution in [2.24, 2.45) is 0 Å². The Morgan fingerprint density at radius 2 is 2.33 bits per heavy atom. The zero-order valence-electron chi connectivity index (χ0n) is 5.63. The molecule has 0 radical (unpaired) electrons. The van der Waals surface area contributed by atoms with Gasteiger partial charge >= 0.3 is 0 Å². The van der Waals surface area contributed by atoms with E-state index in [9.17, 15) is 0 Å². The highest BCUT2D eigenvalue weighted by molar-refractivity contribution is 14.1. The Balaban J connectivity index is 2.99. The van der Waals surface area contributed by atoms with Gasteiger partial charge in [0, 0.05) is 35.0 Å². The maximum Gasteiger partial charge on any atom is 0.177 e. The summed E-state index contributed by atoms with van der Waals surface area (Å²) in [6.45, 7) is 0. The molecule has 2 aromatic rings. The van der Waals surface area contributed by atoms with Crippen LogP contribution in [0.25, 0.3) is 5.52 Å². The number of hydrogen-bond donors (Lipinski definition) is 0. The lowest BCUT2D eigenvalue weighted by molar-refractivity contribution is 1.07. The summed E-state index contributed by atoms with van der Waals surface area (Å²) in [5, 5.41) is 0.458. The maximum absolute atomic E-state index is 5.87. The molecule has 0 N–H and O–H groups in total. The number of rotatable bonds is 0. The van der Waals surface area contributed by atoms with E-state index >= 15 is 0 Å². The Morgan fingerprint density at radius 3 is 3.00 bits per heavy atom. The third-order valence-corrected chi connectivity index (χ3v) is 3.01. The minimum Gasteiger partial charge on any atom is -0.290 e. The van der Waals surface area contributed by atoms with E-state index in [1.807, 2.05) is 10.6 Å². The van der Waals surface area contributed by atoms with E-state index in [1.165, 1.54) is 0 Å². The predicted molar refractivity (Wildman–Crippen MR) is 58.4 cm³/mol. The van der Waals surface area contributed by atoms with Crippen molar-refractivity contribution in [3.63, 3.8) is 0 Å². The Hall–Kier alpha value is 0.120. The van der Waals surface area contributed by atoms with Gasteiger partial charge in [0.2, 0.25) is 0 Å². The van der Waals surface area contributed by atoms with Crippen LogP contribution in [-0.4, -0.2) is 14.4 Å². The second-order valence-corrected chi connectivity index (χ2v) is 4.18. The van der Waals surface area contributed by atoms with E-state index in [1.54, 1.807) is 6.20 Å². The van der Waals surface area contributed by atoms with Gasteiger partial charge in [-0.05, 0) is 15.9 Å². The fourth-order valence-corrected chi connectivity index (χ4v) is 2.80. The molecule has 0 amide bonds. The SMILES string of the molecule is Clc1nccn2c(I)nc(Br)c12. The first-order valence-electron chi connectivity index (χ1n) is 3.03. The van der Waals surface area contributed by atoms with Crippen molar-refractivity contribution in [2.75, 3.05) is 0 Å². The van der Waals surface area contributed by atoms with Crippen LogP contribution in [0.4, 0.5) is 0 Å². The molecule has 0 aliphatic heterocycles. The van der Waals surface area contributed by atoms with Crippen molar-refractivity contribution in [1.29, 1.82) is 0 Å². The minimum absolute atomic E-state index is 0.458. The topological polar surface area (TPSA) is 30.2 Å². The first kappa shape index (κ1) is 8.71. The summed E-state index contributed by atoms with van der Waals surface area (Å²) in [5.74, 6) is 0. The number of nitrogens with zero attached hydrogens (tertiary/aromatic N) is 3.